The summed E-state index contributed by atoms with van der Waals surface area (Å²) < 4.78 is 28.2. The molecular formula is C12H15ClO3S. The lowest BCUT2D eigenvalue weighted by molar-refractivity contribution is 0.324. The summed E-state index contributed by atoms with van der Waals surface area (Å²) in [5.41, 5.74) is 1.18. The smallest absolute Gasteiger partial charge is 0.261 e. The van der Waals surface area contributed by atoms with Crippen molar-refractivity contribution in [2.45, 2.75) is 25.2 Å². The van der Waals surface area contributed by atoms with Crippen LogP contribution in [0, 0.1) is 13.8 Å². The zero-order chi connectivity index (χ0) is 13.1. The quantitative estimate of drug-likeness (QED) is 0.470. The van der Waals surface area contributed by atoms with Crippen molar-refractivity contribution in [3.63, 3.8) is 0 Å². The molecule has 0 bridgehead atoms. The zero-order valence-electron chi connectivity index (χ0n) is 9.86. The molecule has 0 aliphatic rings. The highest BCUT2D eigenvalue weighted by atomic mass is 35.7. The predicted molar refractivity (Wildman–Crippen MR) is 69.3 cm³/mol. The molecule has 0 aliphatic carbocycles. The van der Waals surface area contributed by atoms with E-state index >= 15 is 0 Å². The molecule has 0 spiro atoms. The zero-order valence-corrected chi connectivity index (χ0v) is 11.4. The number of benzene rings is 1. The average molecular weight is 275 g/mol. The normalized spacial score (nSPS) is 11.2. The van der Waals surface area contributed by atoms with Crippen LogP contribution in [0.2, 0.25) is 0 Å². The van der Waals surface area contributed by atoms with Crippen molar-refractivity contribution in [1.29, 1.82) is 0 Å². The Morgan fingerprint density at radius 3 is 2.29 bits per heavy atom. The van der Waals surface area contributed by atoms with Crippen molar-refractivity contribution in [3.8, 4) is 5.75 Å². The third-order valence-electron chi connectivity index (χ3n) is 2.27. The summed E-state index contributed by atoms with van der Waals surface area (Å²) in [5.74, 6) is 0.644. The minimum absolute atomic E-state index is 0.162. The molecule has 1 aromatic rings. The number of ether oxygens (including phenoxy) is 1. The monoisotopic (exact) mass is 274 g/mol. The Kier molecular flexibility index (Phi) is 4.60. The van der Waals surface area contributed by atoms with Gasteiger partial charge >= 0.3 is 0 Å². The van der Waals surface area contributed by atoms with Crippen LogP contribution in [0.4, 0.5) is 0 Å². The molecule has 0 saturated heterocycles. The molecule has 17 heavy (non-hydrogen) atoms. The number of hydrogen-bond acceptors (Lipinski definition) is 3. The number of hydrogen-bond donors (Lipinski definition) is 0. The first-order chi connectivity index (χ1) is 7.86. The maximum atomic E-state index is 11.4. The topological polar surface area (TPSA) is 43.4 Å². The average Bonchev–Trinajstić information content (AvgIpc) is 2.14. The van der Waals surface area contributed by atoms with Gasteiger partial charge in [-0.25, -0.2) is 8.42 Å². The van der Waals surface area contributed by atoms with E-state index in [9.17, 15) is 8.42 Å². The van der Waals surface area contributed by atoms with Crippen LogP contribution in [-0.4, -0.2) is 15.0 Å². The van der Waals surface area contributed by atoms with Gasteiger partial charge in [0.15, 0.2) is 0 Å². The van der Waals surface area contributed by atoms with E-state index in [2.05, 4.69) is 6.58 Å². The maximum Gasteiger partial charge on any atom is 0.261 e. The lowest BCUT2D eigenvalue weighted by atomic mass is 10.1. The fourth-order valence-electron chi connectivity index (χ4n) is 1.64. The van der Waals surface area contributed by atoms with E-state index in [1.54, 1.807) is 32.1 Å². The van der Waals surface area contributed by atoms with Crippen LogP contribution in [-0.2, 0) is 9.05 Å². The molecule has 0 fully saturated rings. The fourth-order valence-corrected chi connectivity index (χ4v) is 3.26. The molecule has 0 aliphatic heterocycles. The predicted octanol–water partition coefficient (Wildman–Crippen LogP) is 3.19. The van der Waals surface area contributed by atoms with Gasteiger partial charge in [-0.1, -0.05) is 6.08 Å². The summed E-state index contributed by atoms with van der Waals surface area (Å²) in [7, 11) is 1.66. The highest BCUT2D eigenvalue weighted by molar-refractivity contribution is 8.13. The molecule has 0 aromatic heterocycles. The molecule has 3 nitrogen and oxygen atoms in total. The molecule has 5 heteroatoms. The van der Waals surface area contributed by atoms with Gasteiger partial charge in [0.25, 0.3) is 9.05 Å². The molecule has 0 heterocycles. The molecule has 1 aromatic carbocycles. The van der Waals surface area contributed by atoms with Gasteiger partial charge in [0.05, 0.1) is 11.5 Å². The molecule has 94 valence electrons. The van der Waals surface area contributed by atoms with Crippen LogP contribution < -0.4 is 4.74 Å². The second kappa shape index (κ2) is 5.56. The van der Waals surface area contributed by atoms with E-state index in [4.69, 9.17) is 15.4 Å². The van der Waals surface area contributed by atoms with Crippen LogP contribution in [0.25, 0.3) is 0 Å². The summed E-state index contributed by atoms with van der Waals surface area (Å²) in [5, 5.41) is 0. The van der Waals surface area contributed by atoms with Crippen LogP contribution >= 0.6 is 10.7 Å². The Labute approximate surface area is 106 Å². The Morgan fingerprint density at radius 1 is 1.35 bits per heavy atom. The van der Waals surface area contributed by atoms with Crippen LogP contribution in [0.15, 0.2) is 29.7 Å². The van der Waals surface area contributed by atoms with E-state index in [-0.39, 0.29) is 4.90 Å². The van der Waals surface area contributed by atoms with E-state index < -0.39 is 9.05 Å². The van der Waals surface area contributed by atoms with Gasteiger partial charge in [-0.2, -0.15) is 0 Å². The van der Waals surface area contributed by atoms with Crippen molar-refractivity contribution >= 4 is 19.7 Å². The van der Waals surface area contributed by atoms with Crippen LogP contribution in [0.5, 0.6) is 5.75 Å². The standard InChI is InChI=1S/C12H15ClO3S/c1-4-5-6-16-11-7-9(2)12(10(3)8-11)17(13,14)15/h4,7-8H,1,5-6H2,2-3H3. The third-order valence-corrected chi connectivity index (χ3v) is 3.86. The molecule has 0 amide bonds. The van der Waals surface area contributed by atoms with Gasteiger partial charge in [0.2, 0.25) is 0 Å². The molecule has 0 unspecified atom stereocenters. The van der Waals surface area contributed by atoms with E-state index in [0.717, 1.165) is 6.42 Å². The van der Waals surface area contributed by atoms with Gasteiger partial charge in [-0.05, 0) is 43.5 Å². The minimum Gasteiger partial charge on any atom is -0.493 e. The largest absolute Gasteiger partial charge is 0.493 e. The van der Waals surface area contributed by atoms with Gasteiger partial charge in [0.1, 0.15) is 5.75 Å². The van der Waals surface area contributed by atoms with Crippen LogP contribution in [0.1, 0.15) is 17.5 Å². The lowest BCUT2D eigenvalue weighted by Gasteiger charge is -2.10. The Bertz CT molecular complexity index is 498. The Hall–Kier alpha value is -1.00. The number of aryl methyl sites for hydroxylation is 2. The molecule has 0 N–H and O–H groups in total. The highest BCUT2D eigenvalue weighted by Crippen LogP contribution is 2.28. The van der Waals surface area contributed by atoms with Gasteiger partial charge in [-0.3, -0.25) is 0 Å². The van der Waals surface area contributed by atoms with Gasteiger partial charge in [-0.15, -0.1) is 6.58 Å². The number of rotatable bonds is 5. The van der Waals surface area contributed by atoms with E-state index in [1.807, 2.05) is 0 Å². The second-order valence-electron chi connectivity index (χ2n) is 3.75. The first-order valence-corrected chi connectivity index (χ1v) is 7.47. The van der Waals surface area contributed by atoms with Gasteiger partial charge < -0.3 is 4.74 Å². The summed E-state index contributed by atoms with van der Waals surface area (Å²) in [6.45, 7) is 7.51. The SMILES string of the molecule is C=CCCOc1cc(C)c(S(=O)(=O)Cl)c(C)c1. The van der Waals surface area contributed by atoms with Crippen molar-refractivity contribution in [1.82, 2.24) is 0 Å². The van der Waals surface area contributed by atoms with Crippen molar-refractivity contribution in [2.75, 3.05) is 6.61 Å². The van der Waals surface area contributed by atoms with Crippen molar-refractivity contribution in [2.24, 2.45) is 0 Å². The molecule has 0 atom stereocenters. The Balaban J connectivity index is 3.06. The molecule has 0 radical (unpaired) electrons. The summed E-state index contributed by atoms with van der Waals surface area (Å²) >= 11 is 0. The van der Waals surface area contributed by atoms with Crippen molar-refractivity contribution in [3.05, 3.63) is 35.9 Å². The summed E-state index contributed by atoms with van der Waals surface area (Å²) in [4.78, 5) is 0.162. The van der Waals surface area contributed by atoms with E-state index in [1.165, 1.54) is 0 Å². The fraction of sp³-hybridized carbons (Fsp3) is 0.333. The third kappa shape index (κ3) is 3.75. The molecular weight excluding hydrogens is 260 g/mol. The van der Waals surface area contributed by atoms with Crippen molar-refractivity contribution < 1.29 is 13.2 Å². The summed E-state index contributed by atoms with van der Waals surface area (Å²) in [6.07, 6.45) is 2.50. The van der Waals surface area contributed by atoms with E-state index in [0.29, 0.717) is 23.5 Å². The maximum absolute atomic E-state index is 11.4. The first-order valence-electron chi connectivity index (χ1n) is 5.16. The Morgan fingerprint density at radius 2 is 1.88 bits per heavy atom. The molecule has 0 saturated carbocycles. The second-order valence-corrected chi connectivity index (χ2v) is 6.25. The molecule has 1 rings (SSSR count). The van der Waals surface area contributed by atoms with Crippen LogP contribution in [0.3, 0.4) is 0 Å². The van der Waals surface area contributed by atoms with Gasteiger partial charge in [0, 0.05) is 10.7 Å². The highest BCUT2D eigenvalue weighted by Gasteiger charge is 2.17. The minimum atomic E-state index is -3.71. The lowest BCUT2D eigenvalue weighted by Crippen LogP contribution is -2.01. The summed E-state index contributed by atoms with van der Waals surface area (Å²) in [6, 6.07) is 3.34. The first kappa shape index (κ1) is 14.1. The number of halogens is 1.